The maximum absolute atomic E-state index is 12.3. The Kier molecular flexibility index (Phi) is 13.0. The van der Waals surface area contributed by atoms with Gasteiger partial charge in [0, 0.05) is 0 Å². The summed E-state index contributed by atoms with van der Waals surface area (Å²) in [6, 6.07) is 17.1. The van der Waals surface area contributed by atoms with Gasteiger partial charge in [-0.2, -0.15) is 0 Å². The number of hydrogen-bond donors (Lipinski definition) is 0. The lowest BCUT2D eigenvalue weighted by Gasteiger charge is -2.06. The van der Waals surface area contributed by atoms with E-state index in [1.807, 2.05) is 0 Å². The van der Waals surface area contributed by atoms with Crippen molar-refractivity contribution in [1.82, 2.24) is 0 Å². The largest absolute Gasteiger partial charge is 0.458 e. The first-order chi connectivity index (χ1) is 23.3. The third-order valence-electron chi connectivity index (χ3n) is 6.43. The molecule has 246 valence electrons. The lowest BCUT2D eigenvalue weighted by atomic mass is 10.1. The van der Waals surface area contributed by atoms with E-state index in [4.69, 9.17) is 28.4 Å². The van der Waals surface area contributed by atoms with Crippen LogP contribution in [-0.2, 0) is 28.4 Å². The lowest BCUT2D eigenvalue weighted by molar-refractivity contribution is 0.0522. The first-order valence-corrected chi connectivity index (χ1v) is 14.6. The van der Waals surface area contributed by atoms with E-state index in [0.717, 1.165) is 0 Å². The molecule has 0 aromatic heterocycles. The summed E-state index contributed by atoms with van der Waals surface area (Å²) in [4.78, 5) is 73.8. The first-order valence-electron chi connectivity index (χ1n) is 14.6. The number of rotatable bonds is 0. The first kappa shape index (κ1) is 34.6. The summed E-state index contributed by atoms with van der Waals surface area (Å²) in [6.45, 7) is -0.469. The van der Waals surface area contributed by atoms with Crippen molar-refractivity contribution in [1.29, 1.82) is 0 Å². The highest BCUT2D eigenvalue weighted by atomic mass is 16.6. The second kappa shape index (κ2) is 18.0. The van der Waals surface area contributed by atoms with Crippen molar-refractivity contribution in [2.45, 2.75) is 0 Å². The molecule has 4 heterocycles. The Balaban J connectivity index is 1.37. The van der Waals surface area contributed by atoms with Gasteiger partial charge < -0.3 is 28.4 Å². The monoisotopic (exact) mass is 654 g/mol. The summed E-state index contributed by atoms with van der Waals surface area (Å²) in [5.41, 5.74) is 1.30. The molecule has 0 atom stereocenters. The number of benzene rings is 3. The zero-order valence-corrected chi connectivity index (χ0v) is 25.5. The number of ether oxygens (including phenoxy) is 6. The smallest absolute Gasteiger partial charge is 0.338 e. The molecule has 12 heteroatoms. The molecule has 0 spiro atoms. The van der Waals surface area contributed by atoms with Crippen LogP contribution < -0.4 is 0 Å². The van der Waals surface area contributed by atoms with Crippen molar-refractivity contribution in [2.24, 2.45) is 0 Å². The molecular weight excluding hydrogens is 624 g/mol. The number of carbonyl (C=O) groups is 6. The minimum Gasteiger partial charge on any atom is -0.458 e. The molecule has 4 aliphatic heterocycles. The molecule has 0 saturated carbocycles. The van der Waals surface area contributed by atoms with Crippen molar-refractivity contribution in [3.63, 3.8) is 0 Å². The topological polar surface area (TPSA) is 158 Å². The average Bonchev–Trinajstić information content (AvgIpc) is 3.11. The molecule has 7 rings (SSSR count). The molecule has 3 aromatic carbocycles. The van der Waals surface area contributed by atoms with E-state index >= 15 is 0 Å². The third-order valence-corrected chi connectivity index (χ3v) is 6.43. The van der Waals surface area contributed by atoms with Crippen LogP contribution in [0.3, 0.4) is 0 Å². The summed E-state index contributed by atoms with van der Waals surface area (Å²) >= 11 is 0. The second-order valence-electron chi connectivity index (χ2n) is 9.74. The van der Waals surface area contributed by atoms with Gasteiger partial charge in [-0.15, -0.1) is 0 Å². The van der Waals surface area contributed by atoms with Crippen molar-refractivity contribution in [3.8, 4) is 0 Å². The lowest BCUT2D eigenvalue weighted by Crippen LogP contribution is -2.09. The van der Waals surface area contributed by atoms with E-state index in [-0.39, 0.29) is 73.0 Å². The van der Waals surface area contributed by atoms with Crippen LogP contribution in [0.5, 0.6) is 0 Å². The highest BCUT2D eigenvalue weighted by molar-refractivity contribution is 5.95. The van der Waals surface area contributed by atoms with Gasteiger partial charge in [0.15, 0.2) is 0 Å². The van der Waals surface area contributed by atoms with Gasteiger partial charge in [-0.3, -0.25) is 0 Å². The van der Waals surface area contributed by atoms with Crippen molar-refractivity contribution >= 4 is 35.8 Å². The van der Waals surface area contributed by atoms with Gasteiger partial charge in [0.25, 0.3) is 0 Å². The van der Waals surface area contributed by atoms with E-state index < -0.39 is 35.8 Å². The van der Waals surface area contributed by atoms with Gasteiger partial charge >= 0.3 is 35.8 Å². The Morgan fingerprint density at radius 2 is 0.375 bits per heavy atom. The minimum absolute atomic E-state index is 0.0781. The molecule has 0 fully saturated rings. The predicted octanol–water partition coefficient (Wildman–Crippen LogP) is 4.71. The van der Waals surface area contributed by atoms with Crippen LogP contribution in [0.15, 0.2) is 109 Å². The quantitative estimate of drug-likeness (QED) is 0.187. The molecule has 3 aromatic rings. The Morgan fingerprint density at radius 3 is 0.500 bits per heavy atom. The van der Waals surface area contributed by atoms with E-state index in [1.54, 1.807) is 0 Å². The second-order valence-corrected chi connectivity index (χ2v) is 9.74. The Morgan fingerprint density at radius 1 is 0.250 bits per heavy atom. The van der Waals surface area contributed by atoms with Gasteiger partial charge in [0.2, 0.25) is 0 Å². The third kappa shape index (κ3) is 10.7. The Hall–Kier alpha value is -6.30. The molecule has 0 N–H and O–H groups in total. The SMILES string of the molecule is O=C1OCC=CCOC(=O)c2ccc(cc2)C(=O)OCC=CCOC(=O)c2ccc(cc2)C(=O)OCC=CCOC(=O)c2ccc1cc2. The van der Waals surface area contributed by atoms with Gasteiger partial charge in [0.1, 0.15) is 39.6 Å². The summed E-state index contributed by atoms with van der Waals surface area (Å²) in [6.07, 6.45) is 9.05. The predicted molar refractivity (Wildman–Crippen MR) is 168 cm³/mol. The van der Waals surface area contributed by atoms with Gasteiger partial charge in [-0.1, -0.05) is 0 Å². The number of fused-ring (bicyclic) bond motifs is 3. The highest BCUT2D eigenvalue weighted by Gasteiger charge is 2.13. The summed E-state index contributed by atoms with van der Waals surface area (Å²) in [5.74, 6) is -3.72. The fraction of sp³-hybridized carbons (Fsp3) is 0.167. The molecule has 4 aliphatic rings. The zero-order valence-electron chi connectivity index (χ0n) is 25.5. The highest BCUT2D eigenvalue weighted by Crippen LogP contribution is 2.11. The van der Waals surface area contributed by atoms with Crippen LogP contribution in [0.4, 0.5) is 0 Å². The zero-order chi connectivity index (χ0) is 34.1. The molecule has 0 radical (unpaired) electrons. The van der Waals surface area contributed by atoms with E-state index in [9.17, 15) is 28.8 Å². The van der Waals surface area contributed by atoms with Crippen LogP contribution >= 0.6 is 0 Å². The summed E-state index contributed by atoms with van der Waals surface area (Å²) < 4.78 is 31.0. The molecule has 12 nitrogen and oxygen atoms in total. The average molecular weight is 655 g/mol. The molecule has 0 saturated heterocycles. The Labute approximate surface area is 275 Å². The number of carbonyl (C=O) groups excluding carboxylic acids is 6. The van der Waals surface area contributed by atoms with Crippen molar-refractivity contribution < 1.29 is 57.2 Å². The van der Waals surface area contributed by atoms with Crippen LogP contribution in [-0.4, -0.2) is 75.5 Å². The Bertz CT molecular complexity index is 1370. The van der Waals surface area contributed by atoms with Crippen LogP contribution in [0, 0.1) is 0 Å². The molecule has 48 heavy (non-hydrogen) atoms. The summed E-state index contributed by atoms with van der Waals surface area (Å²) in [7, 11) is 0. The van der Waals surface area contributed by atoms with Crippen molar-refractivity contribution in [3.05, 3.63) is 143 Å². The normalized spacial score (nSPS) is 16.0. The fourth-order valence-corrected chi connectivity index (χ4v) is 3.88. The maximum Gasteiger partial charge on any atom is 0.338 e. The van der Waals surface area contributed by atoms with Gasteiger partial charge in [-0.05, 0) is 109 Å². The van der Waals surface area contributed by atoms with Gasteiger partial charge in [-0.25, -0.2) is 28.8 Å². The van der Waals surface area contributed by atoms with Crippen LogP contribution in [0.1, 0.15) is 62.1 Å². The standard InChI is InChI=1S/C36H30O12/c37-31-25-7-9-27(10-8-25)33(39)45-21-3-4-23-47-35(41)29-15-17-30(18-16-29)36(42)48-24-6-5-22-46-34(40)28-13-11-26(12-14-28)32(38)44-20-2-1-19-43-31/h1-18H,19-24H2. The molecule has 6 bridgehead atoms. The van der Waals surface area contributed by atoms with Crippen LogP contribution in [0.2, 0.25) is 0 Å². The number of hydrogen-bond acceptors (Lipinski definition) is 12. The molecule has 0 amide bonds. The van der Waals surface area contributed by atoms with Crippen molar-refractivity contribution in [2.75, 3.05) is 39.6 Å². The molecule has 0 aliphatic carbocycles. The minimum atomic E-state index is -0.620. The number of esters is 6. The van der Waals surface area contributed by atoms with E-state index in [2.05, 4.69) is 0 Å². The van der Waals surface area contributed by atoms with E-state index in [1.165, 1.54) is 109 Å². The fourth-order valence-electron chi connectivity index (χ4n) is 3.88. The van der Waals surface area contributed by atoms with Gasteiger partial charge in [0.05, 0.1) is 33.4 Å². The van der Waals surface area contributed by atoms with E-state index in [0.29, 0.717) is 0 Å². The maximum atomic E-state index is 12.3. The molecule has 0 unspecified atom stereocenters. The van der Waals surface area contributed by atoms with Crippen LogP contribution in [0.25, 0.3) is 0 Å². The summed E-state index contributed by atoms with van der Waals surface area (Å²) in [5, 5.41) is 0. The molecular formula is C36H30O12.